The summed E-state index contributed by atoms with van der Waals surface area (Å²) in [5.74, 6) is -0.281. The van der Waals surface area contributed by atoms with Crippen molar-refractivity contribution < 1.29 is 19.1 Å². The van der Waals surface area contributed by atoms with Crippen molar-refractivity contribution in [3.63, 3.8) is 0 Å². The van der Waals surface area contributed by atoms with E-state index in [9.17, 15) is 14.9 Å². The normalized spacial score (nSPS) is 13.1. The molecule has 0 atom stereocenters. The molecule has 1 N–H and O–H groups in total. The van der Waals surface area contributed by atoms with Crippen molar-refractivity contribution in [1.29, 1.82) is 10.5 Å². The number of ether oxygens (including phenoxy) is 2. The van der Waals surface area contributed by atoms with Crippen molar-refractivity contribution >= 4 is 34.3 Å². The van der Waals surface area contributed by atoms with Crippen LogP contribution in [0.3, 0.4) is 0 Å². The van der Waals surface area contributed by atoms with Crippen LogP contribution in [0.2, 0.25) is 0 Å². The standard InChI is InChI=1S/C21H17N3O4S/c1-2-27-18-10-13(3-6-17(18)28-21(26)14-4-5-14)9-16(12-23)19(25)24-20-15(11-22)7-8-29-20/h3,6-10,14H,2,4-5H2,1H3,(H,24,25)/b16-9+. The molecule has 146 valence electrons. The SMILES string of the molecule is CCOc1cc(/C=C(\C#N)C(=O)Nc2sccc2C#N)ccc1OC(=O)C1CC1. The Kier molecular flexibility index (Phi) is 6.28. The zero-order chi connectivity index (χ0) is 20.8. The fourth-order valence-corrected chi connectivity index (χ4v) is 3.19. The van der Waals surface area contributed by atoms with Crippen LogP contribution in [0.25, 0.3) is 6.08 Å². The summed E-state index contributed by atoms with van der Waals surface area (Å²) in [6, 6.07) is 10.3. The third-order valence-corrected chi connectivity index (χ3v) is 4.91. The largest absolute Gasteiger partial charge is 0.490 e. The van der Waals surface area contributed by atoms with Gasteiger partial charge in [-0.25, -0.2) is 0 Å². The molecule has 1 aliphatic carbocycles. The summed E-state index contributed by atoms with van der Waals surface area (Å²) in [5.41, 5.74) is 0.742. The molecule has 1 aromatic carbocycles. The van der Waals surface area contributed by atoms with E-state index in [0.29, 0.717) is 34.2 Å². The number of nitriles is 2. The quantitative estimate of drug-likeness (QED) is 0.323. The molecule has 3 rings (SSSR count). The van der Waals surface area contributed by atoms with Crippen molar-refractivity contribution in [2.45, 2.75) is 19.8 Å². The maximum absolute atomic E-state index is 12.4. The first-order valence-corrected chi connectivity index (χ1v) is 9.83. The molecule has 0 spiro atoms. The molecule has 8 heteroatoms. The van der Waals surface area contributed by atoms with Crippen LogP contribution < -0.4 is 14.8 Å². The van der Waals surface area contributed by atoms with Gasteiger partial charge < -0.3 is 14.8 Å². The second-order valence-corrected chi connectivity index (χ2v) is 7.15. The maximum Gasteiger partial charge on any atom is 0.314 e. The molecular weight excluding hydrogens is 390 g/mol. The van der Waals surface area contributed by atoms with Gasteiger partial charge >= 0.3 is 5.97 Å². The minimum atomic E-state index is -0.617. The van der Waals surface area contributed by atoms with Crippen LogP contribution in [0, 0.1) is 28.6 Å². The highest BCUT2D eigenvalue weighted by molar-refractivity contribution is 7.14. The predicted octanol–water partition coefficient (Wildman–Crippen LogP) is 3.88. The Morgan fingerprint density at radius 1 is 1.28 bits per heavy atom. The number of hydrogen-bond acceptors (Lipinski definition) is 7. The van der Waals surface area contributed by atoms with E-state index in [-0.39, 0.29) is 17.5 Å². The van der Waals surface area contributed by atoms with E-state index >= 15 is 0 Å². The molecular formula is C21H17N3O4S. The average molecular weight is 407 g/mol. The van der Waals surface area contributed by atoms with Gasteiger partial charge in [0.15, 0.2) is 11.5 Å². The first-order valence-electron chi connectivity index (χ1n) is 8.95. The summed E-state index contributed by atoms with van der Waals surface area (Å²) < 4.78 is 10.9. The van der Waals surface area contributed by atoms with Crippen LogP contribution >= 0.6 is 11.3 Å². The molecule has 0 unspecified atom stereocenters. The Balaban J connectivity index is 1.81. The molecule has 1 saturated carbocycles. The van der Waals surface area contributed by atoms with Gasteiger partial charge in [0.05, 0.1) is 18.1 Å². The van der Waals surface area contributed by atoms with Crippen molar-refractivity contribution in [2.75, 3.05) is 11.9 Å². The fourth-order valence-electron chi connectivity index (χ4n) is 2.46. The maximum atomic E-state index is 12.4. The van der Waals surface area contributed by atoms with Gasteiger partial charge in [0, 0.05) is 0 Å². The Bertz CT molecular complexity index is 1050. The second-order valence-electron chi connectivity index (χ2n) is 6.23. The summed E-state index contributed by atoms with van der Waals surface area (Å²) in [5, 5.41) is 23.1. The molecule has 0 radical (unpaired) electrons. The number of rotatable bonds is 7. The average Bonchev–Trinajstić information content (AvgIpc) is 3.48. The summed E-state index contributed by atoms with van der Waals surface area (Å²) in [4.78, 5) is 24.3. The summed E-state index contributed by atoms with van der Waals surface area (Å²) in [6.07, 6.45) is 3.08. The molecule has 0 aliphatic heterocycles. The minimum Gasteiger partial charge on any atom is -0.490 e. The van der Waals surface area contributed by atoms with Crippen LogP contribution in [0.5, 0.6) is 11.5 Å². The number of thiophene rings is 1. The molecule has 1 heterocycles. The smallest absolute Gasteiger partial charge is 0.314 e. The summed E-state index contributed by atoms with van der Waals surface area (Å²) in [6.45, 7) is 2.17. The topological polar surface area (TPSA) is 112 Å². The Hall–Kier alpha value is -3.62. The number of benzene rings is 1. The van der Waals surface area contributed by atoms with E-state index in [1.165, 1.54) is 17.4 Å². The first-order chi connectivity index (χ1) is 14.0. The zero-order valence-corrected chi connectivity index (χ0v) is 16.4. The third-order valence-electron chi connectivity index (χ3n) is 4.08. The molecule has 1 aromatic heterocycles. The lowest BCUT2D eigenvalue weighted by Gasteiger charge is -2.11. The molecule has 1 fully saturated rings. The van der Waals surface area contributed by atoms with Gasteiger partial charge in [0.2, 0.25) is 0 Å². The molecule has 1 amide bonds. The van der Waals surface area contributed by atoms with Crippen LogP contribution in [0.15, 0.2) is 35.2 Å². The highest BCUT2D eigenvalue weighted by Crippen LogP contribution is 2.34. The molecule has 0 bridgehead atoms. The van der Waals surface area contributed by atoms with Crippen molar-refractivity contribution in [3.05, 3.63) is 46.3 Å². The van der Waals surface area contributed by atoms with Crippen molar-refractivity contribution in [3.8, 4) is 23.6 Å². The van der Waals surface area contributed by atoms with Gasteiger partial charge in [-0.3, -0.25) is 9.59 Å². The fraction of sp³-hybridized carbons (Fsp3) is 0.238. The zero-order valence-electron chi connectivity index (χ0n) is 15.6. The van der Waals surface area contributed by atoms with E-state index in [0.717, 1.165) is 12.8 Å². The van der Waals surface area contributed by atoms with Gasteiger partial charge in [-0.2, -0.15) is 10.5 Å². The number of hydrogen-bond donors (Lipinski definition) is 1. The monoisotopic (exact) mass is 407 g/mol. The van der Waals surface area contributed by atoms with E-state index in [1.807, 2.05) is 12.1 Å². The van der Waals surface area contributed by atoms with Gasteiger partial charge in [-0.1, -0.05) is 6.07 Å². The lowest BCUT2D eigenvalue weighted by Crippen LogP contribution is -2.13. The first kappa shape index (κ1) is 20.1. The lowest BCUT2D eigenvalue weighted by atomic mass is 10.1. The van der Waals surface area contributed by atoms with Gasteiger partial charge in [-0.15, -0.1) is 11.3 Å². The number of anilines is 1. The summed E-state index contributed by atoms with van der Waals surface area (Å²) >= 11 is 1.20. The highest BCUT2D eigenvalue weighted by Gasteiger charge is 2.32. The Labute approximate surface area is 171 Å². The molecule has 7 nitrogen and oxygen atoms in total. The highest BCUT2D eigenvalue weighted by atomic mass is 32.1. The van der Waals surface area contributed by atoms with Crippen LogP contribution in [0.4, 0.5) is 5.00 Å². The number of esters is 1. The molecule has 1 aliphatic rings. The number of nitrogens with one attached hydrogen (secondary N) is 1. The lowest BCUT2D eigenvalue weighted by molar-refractivity contribution is -0.135. The van der Waals surface area contributed by atoms with E-state index in [4.69, 9.17) is 14.7 Å². The second kappa shape index (κ2) is 9.05. The number of carbonyl (C=O) groups is 2. The van der Waals surface area contributed by atoms with E-state index in [1.54, 1.807) is 36.6 Å². The van der Waals surface area contributed by atoms with E-state index in [2.05, 4.69) is 5.32 Å². The van der Waals surface area contributed by atoms with Crippen LogP contribution in [-0.2, 0) is 9.59 Å². The number of nitrogens with zero attached hydrogens (tertiary/aromatic N) is 2. The van der Waals surface area contributed by atoms with Gasteiger partial charge in [-0.05, 0) is 55.0 Å². The Morgan fingerprint density at radius 2 is 2.07 bits per heavy atom. The summed E-state index contributed by atoms with van der Waals surface area (Å²) in [7, 11) is 0. The molecule has 2 aromatic rings. The van der Waals surface area contributed by atoms with Crippen molar-refractivity contribution in [1.82, 2.24) is 0 Å². The van der Waals surface area contributed by atoms with Crippen LogP contribution in [0.1, 0.15) is 30.9 Å². The van der Waals surface area contributed by atoms with E-state index < -0.39 is 5.91 Å². The predicted molar refractivity (Wildman–Crippen MR) is 107 cm³/mol. The van der Waals surface area contributed by atoms with Gasteiger partial charge in [0.1, 0.15) is 22.7 Å². The number of carbonyl (C=O) groups excluding carboxylic acids is 2. The van der Waals surface area contributed by atoms with Crippen molar-refractivity contribution in [2.24, 2.45) is 5.92 Å². The van der Waals surface area contributed by atoms with Gasteiger partial charge in [0.25, 0.3) is 5.91 Å². The molecule has 29 heavy (non-hydrogen) atoms. The number of amides is 1. The molecule has 0 saturated heterocycles. The minimum absolute atomic E-state index is 0.0477. The third kappa shape index (κ3) is 5.01. The van der Waals surface area contributed by atoms with Crippen LogP contribution in [-0.4, -0.2) is 18.5 Å². The Morgan fingerprint density at radius 3 is 2.72 bits per heavy atom.